The highest BCUT2D eigenvalue weighted by atomic mass is 19.4. The van der Waals surface area contributed by atoms with Crippen molar-refractivity contribution in [3.63, 3.8) is 0 Å². The number of carbonyl (C=O) groups excluding carboxylic acids is 1. The summed E-state index contributed by atoms with van der Waals surface area (Å²) in [5.74, 6) is -1.06. The quantitative estimate of drug-likeness (QED) is 0.633. The van der Waals surface area contributed by atoms with Crippen molar-refractivity contribution in [3.8, 4) is 5.75 Å². The number of rotatable bonds is 5. The van der Waals surface area contributed by atoms with E-state index in [0.717, 1.165) is 5.69 Å². The second-order valence-corrected chi connectivity index (χ2v) is 6.51. The van der Waals surface area contributed by atoms with Crippen LogP contribution >= 0.6 is 0 Å². The molecule has 142 valence electrons. The molecule has 1 heterocycles. The Morgan fingerprint density at radius 3 is 2.35 bits per heavy atom. The van der Waals surface area contributed by atoms with Gasteiger partial charge in [-0.1, -0.05) is 0 Å². The van der Waals surface area contributed by atoms with Crippen LogP contribution < -0.4 is 15.0 Å². The molecule has 0 radical (unpaired) electrons. The number of carbonyl (C=O) groups is 1. The van der Waals surface area contributed by atoms with E-state index in [-0.39, 0.29) is 17.7 Å². The molecule has 1 saturated carbocycles. The van der Waals surface area contributed by atoms with Gasteiger partial charge in [0, 0.05) is 36.2 Å². The Balaban J connectivity index is 1.46. The summed E-state index contributed by atoms with van der Waals surface area (Å²) in [4.78, 5) is 24.2. The minimum Gasteiger partial charge on any atom is -0.406 e. The molecule has 2 fully saturated rings. The summed E-state index contributed by atoms with van der Waals surface area (Å²) in [6.07, 6.45) is -3.08. The fourth-order valence-electron chi connectivity index (χ4n) is 3.15. The van der Waals surface area contributed by atoms with E-state index in [2.05, 4.69) is 10.1 Å². The van der Waals surface area contributed by atoms with Crippen LogP contribution in [-0.4, -0.2) is 42.4 Å². The summed E-state index contributed by atoms with van der Waals surface area (Å²) < 4.78 is 40.4. The molecule has 0 aromatic heterocycles. The lowest BCUT2D eigenvalue weighted by molar-refractivity contribution is -0.497. The van der Waals surface area contributed by atoms with Gasteiger partial charge >= 0.3 is 6.36 Å². The van der Waals surface area contributed by atoms with Crippen molar-refractivity contribution in [2.24, 2.45) is 5.92 Å². The molecule has 1 amide bonds. The second kappa shape index (κ2) is 7.00. The number of halogens is 3. The standard InChI is InChI=1S/C16H18F3N3O4/c17-16(18,19)26-12-3-1-11(2-4-12)21-7-5-10(6-8-21)20-15(23)13-9-14(13)22(24)25/h1-4,10,13-14H,5-9H2,(H,20,23)/t13-,14+/m0/s1. The van der Waals surface area contributed by atoms with Gasteiger partial charge in [-0.3, -0.25) is 14.9 Å². The average molecular weight is 373 g/mol. The number of alkyl halides is 3. The highest BCUT2D eigenvalue weighted by molar-refractivity contribution is 5.82. The van der Waals surface area contributed by atoms with E-state index in [1.54, 1.807) is 12.1 Å². The molecule has 3 rings (SSSR count). The molecule has 1 aliphatic carbocycles. The Kier molecular flexibility index (Phi) is 4.92. The Hall–Kier alpha value is -2.52. The molecule has 2 atom stereocenters. The molecule has 0 spiro atoms. The summed E-state index contributed by atoms with van der Waals surface area (Å²) in [5, 5.41) is 13.5. The molecule has 0 unspecified atom stereocenters. The van der Waals surface area contributed by atoms with Gasteiger partial charge < -0.3 is 15.0 Å². The van der Waals surface area contributed by atoms with Crippen LogP contribution in [0.25, 0.3) is 0 Å². The van der Waals surface area contributed by atoms with Gasteiger partial charge in [-0.05, 0) is 37.1 Å². The van der Waals surface area contributed by atoms with E-state index >= 15 is 0 Å². The number of amides is 1. The van der Waals surface area contributed by atoms with Crippen molar-refractivity contribution >= 4 is 11.6 Å². The van der Waals surface area contributed by atoms with Crippen molar-refractivity contribution < 1.29 is 27.6 Å². The molecule has 1 aliphatic heterocycles. The van der Waals surface area contributed by atoms with Crippen LogP contribution in [0.15, 0.2) is 24.3 Å². The number of ether oxygens (including phenoxy) is 1. The predicted octanol–water partition coefficient (Wildman–Crippen LogP) is 2.34. The van der Waals surface area contributed by atoms with Gasteiger partial charge in [-0.2, -0.15) is 0 Å². The molecular formula is C16H18F3N3O4. The third-order valence-electron chi connectivity index (χ3n) is 4.64. The van der Waals surface area contributed by atoms with E-state index < -0.39 is 23.2 Å². The number of hydrogen-bond acceptors (Lipinski definition) is 5. The number of anilines is 1. The van der Waals surface area contributed by atoms with Gasteiger partial charge in [0.05, 0.1) is 0 Å². The third kappa shape index (κ3) is 4.55. The Bertz CT molecular complexity index is 672. The fraction of sp³-hybridized carbons (Fsp3) is 0.562. The summed E-state index contributed by atoms with van der Waals surface area (Å²) >= 11 is 0. The largest absolute Gasteiger partial charge is 0.573 e. The number of hydrogen-bond donors (Lipinski definition) is 1. The number of nitro groups is 1. The lowest BCUT2D eigenvalue weighted by atomic mass is 10.0. The molecule has 0 bridgehead atoms. The maximum atomic E-state index is 12.2. The van der Waals surface area contributed by atoms with Crippen molar-refractivity contribution in [1.29, 1.82) is 0 Å². The normalized spacial score (nSPS) is 23.4. The van der Waals surface area contributed by atoms with Crippen LogP contribution in [-0.2, 0) is 4.79 Å². The fourth-order valence-corrected chi connectivity index (χ4v) is 3.15. The van der Waals surface area contributed by atoms with Crippen LogP contribution in [0.1, 0.15) is 19.3 Å². The SMILES string of the molecule is O=C(NC1CCN(c2ccc(OC(F)(F)F)cc2)CC1)[C@H]1C[C@H]1[N+](=O)[O-]. The van der Waals surface area contributed by atoms with Gasteiger partial charge in [0.25, 0.3) is 0 Å². The Labute approximate surface area is 147 Å². The van der Waals surface area contributed by atoms with Crippen LogP contribution in [0.4, 0.5) is 18.9 Å². The van der Waals surface area contributed by atoms with E-state index in [1.165, 1.54) is 12.1 Å². The maximum absolute atomic E-state index is 12.2. The molecular weight excluding hydrogens is 355 g/mol. The van der Waals surface area contributed by atoms with Crippen LogP contribution in [0.5, 0.6) is 5.75 Å². The van der Waals surface area contributed by atoms with Crippen LogP contribution in [0.3, 0.4) is 0 Å². The molecule has 2 aliphatic rings. The molecule has 1 aromatic carbocycles. The number of benzene rings is 1. The summed E-state index contributed by atoms with van der Waals surface area (Å²) in [6.45, 7) is 1.27. The van der Waals surface area contributed by atoms with Crippen LogP contribution in [0, 0.1) is 16.0 Å². The van der Waals surface area contributed by atoms with Gasteiger partial charge in [0.15, 0.2) is 0 Å². The molecule has 1 saturated heterocycles. The average Bonchev–Trinajstić information content (AvgIpc) is 3.36. The van der Waals surface area contributed by atoms with Gasteiger partial charge in [-0.25, -0.2) is 0 Å². The first-order chi connectivity index (χ1) is 12.2. The zero-order valence-electron chi connectivity index (χ0n) is 13.7. The summed E-state index contributed by atoms with van der Waals surface area (Å²) in [5.41, 5.74) is 0.778. The lowest BCUT2D eigenvalue weighted by Crippen LogP contribution is -2.45. The van der Waals surface area contributed by atoms with Gasteiger partial charge in [0.2, 0.25) is 11.9 Å². The number of nitrogens with zero attached hydrogens (tertiary/aromatic N) is 2. The maximum Gasteiger partial charge on any atom is 0.573 e. The third-order valence-corrected chi connectivity index (χ3v) is 4.64. The van der Waals surface area contributed by atoms with E-state index in [9.17, 15) is 28.1 Å². The molecule has 1 N–H and O–H groups in total. The zero-order chi connectivity index (χ0) is 18.9. The minimum absolute atomic E-state index is 0.0420. The predicted molar refractivity (Wildman–Crippen MR) is 85.4 cm³/mol. The highest BCUT2D eigenvalue weighted by Crippen LogP contribution is 2.33. The highest BCUT2D eigenvalue weighted by Gasteiger charge is 2.53. The molecule has 1 aromatic rings. The van der Waals surface area contributed by atoms with Gasteiger partial charge in [-0.15, -0.1) is 13.2 Å². The first-order valence-electron chi connectivity index (χ1n) is 8.27. The molecule has 26 heavy (non-hydrogen) atoms. The van der Waals surface area contributed by atoms with Crippen LogP contribution in [0.2, 0.25) is 0 Å². The summed E-state index contributed by atoms with van der Waals surface area (Å²) in [7, 11) is 0. The van der Waals surface area contributed by atoms with Crippen molar-refractivity contribution in [3.05, 3.63) is 34.4 Å². The van der Waals surface area contributed by atoms with E-state index in [4.69, 9.17) is 0 Å². The van der Waals surface area contributed by atoms with Gasteiger partial charge in [0.1, 0.15) is 11.7 Å². The molecule has 7 nitrogen and oxygen atoms in total. The first kappa shape index (κ1) is 18.3. The number of piperidine rings is 1. The van der Waals surface area contributed by atoms with Crippen molar-refractivity contribution in [1.82, 2.24) is 5.32 Å². The minimum atomic E-state index is -4.71. The zero-order valence-corrected chi connectivity index (χ0v) is 13.7. The van der Waals surface area contributed by atoms with E-state index in [0.29, 0.717) is 32.4 Å². The Morgan fingerprint density at radius 1 is 1.23 bits per heavy atom. The summed E-state index contributed by atoms with van der Waals surface area (Å²) in [6, 6.07) is 4.85. The second-order valence-electron chi connectivity index (χ2n) is 6.51. The van der Waals surface area contributed by atoms with Crippen molar-refractivity contribution in [2.45, 2.75) is 37.7 Å². The first-order valence-corrected chi connectivity index (χ1v) is 8.27. The molecule has 10 heteroatoms. The smallest absolute Gasteiger partial charge is 0.406 e. The number of nitrogens with one attached hydrogen (secondary N) is 1. The Morgan fingerprint density at radius 2 is 1.85 bits per heavy atom. The van der Waals surface area contributed by atoms with E-state index in [1.807, 2.05) is 4.90 Å². The lowest BCUT2D eigenvalue weighted by Gasteiger charge is -2.34. The van der Waals surface area contributed by atoms with Crippen molar-refractivity contribution in [2.75, 3.05) is 18.0 Å². The topological polar surface area (TPSA) is 84.7 Å². The monoisotopic (exact) mass is 373 g/mol.